The molecule has 2 rings (SSSR count). The average Bonchev–Trinajstić information content (AvgIpc) is 2.85. The minimum absolute atomic E-state index is 0.730. The highest BCUT2D eigenvalue weighted by Crippen LogP contribution is 2.08. The Labute approximate surface area is 109 Å². The maximum absolute atomic E-state index is 5.20. The van der Waals surface area contributed by atoms with Gasteiger partial charge in [0.2, 0.25) is 5.89 Å². The van der Waals surface area contributed by atoms with Gasteiger partial charge in [-0.1, -0.05) is 18.5 Å². The zero-order valence-corrected chi connectivity index (χ0v) is 11.6. The minimum Gasteiger partial charge on any atom is -0.338 e. The van der Waals surface area contributed by atoms with Gasteiger partial charge in [-0.15, -0.1) is 0 Å². The molecule has 0 aromatic carbocycles. The number of hydrogen-bond acceptors (Lipinski definition) is 5. The maximum Gasteiger partial charge on any atom is 0.240 e. The Bertz CT molecular complexity index is 347. The molecule has 0 bridgehead atoms. The van der Waals surface area contributed by atoms with Crippen molar-refractivity contribution in [3.63, 3.8) is 0 Å². The Morgan fingerprint density at radius 1 is 1.28 bits per heavy atom. The van der Waals surface area contributed by atoms with Crippen molar-refractivity contribution in [2.75, 3.05) is 33.2 Å². The van der Waals surface area contributed by atoms with Gasteiger partial charge in [-0.2, -0.15) is 4.98 Å². The van der Waals surface area contributed by atoms with Gasteiger partial charge in [0, 0.05) is 19.5 Å². The Morgan fingerprint density at radius 3 is 2.72 bits per heavy atom. The second-order valence-corrected chi connectivity index (χ2v) is 5.10. The zero-order valence-electron chi connectivity index (χ0n) is 11.6. The van der Waals surface area contributed by atoms with Gasteiger partial charge in [-0.25, -0.2) is 0 Å². The zero-order chi connectivity index (χ0) is 12.8. The molecular weight excluding hydrogens is 228 g/mol. The smallest absolute Gasteiger partial charge is 0.240 e. The van der Waals surface area contributed by atoms with Gasteiger partial charge >= 0.3 is 0 Å². The maximum atomic E-state index is 5.20. The predicted molar refractivity (Wildman–Crippen MR) is 70.3 cm³/mol. The summed E-state index contributed by atoms with van der Waals surface area (Å²) in [6, 6.07) is 0. The quantitative estimate of drug-likeness (QED) is 0.768. The molecule has 0 aliphatic carbocycles. The first-order valence-corrected chi connectivity index (χ1v) is 7.00. The molecule has 2 heterocycles. The summed E-state index contributed by atoms with van der Waals surface area (Å²) >= 11 is 0. The van der Waals surface area contributed by atoms with Crippen molar-refractivity contribution >= 4 is 0 Å². The van der Waals surface area contributed by atoms with Gasteiger partial charge in [0.1, 0.15) is 0 Å². The number of aryl methyl sites for hydroxylation is 1. The third kappa shape index (κ3) is 4.07. The van der Waals surface area contributed by atoms with E-state index in [-0.39, 0.29) is 0 Å². The molecule has 1 fully saturated rings. The fourth-order valence-electron chi connectivity index (χ4n) is 2.30. The topological polar surface area (TPSA) is 45.4 Å². The third-order valence-corrected chi connectivity index (χ3v) is 3.48. The lowest BCUT2D eigenvalue weighted by Gasteiger charge is -2.28. The van der Waals surface area contributed by atoms with E-state index in [1.807, 2.05) is 6.92 Å². The highest BCUT2D eigenvalue weighted by Gasteiger charge is 2.12. The van der Waals surface area contributed by atoms with Crippen molar-refractivity contribution in [2.45, 2.75) is 39.2 Å². The average molecular weight is 252 g/mol. The Balaban J connectivity index is 1.69. The molecule has 1 aliphatic heterocycles. The van der Waals surface area contributed by atoms with Crippen LogP contribution in [0.1, 0.15) is 37.9 Å². The molecule has 1 aliphatic rings. The standard InChI is InChI=1S/C13H24N4O/c1-3-12-14-13(18-15-12)11-16(2)9-10-17-7-5-4-6-8-17/h3-11H2,1-2H3. The monoisotopic (exact) mass is 252 g/mol. The molecule has 5 nitrogen and oxygen atoms in total. The fraction of sp³-hybridized carbons (Fsp3) is 0.846. The lowest BCUT2D eigenvalue weighted by molar-refractivity contribution is 0.185. The molecule has 102 valence electrons. The molecule has 1 aromatic heterocycles. The van der Waals surface area contributed by atoms with E-state index < -0.39 is 0 Å². The van der Waals surface area contributed by atoms with E-state index >= 15 is 0 Å². The van der Waals surface area contributed by atoms with Gasteiger partial charge in [0.05, 0.1) is 6.54 Å². The van der Waals surface area contributed by atoms with Crippen molar-refractivity contribution in [1.29, 1.82) is 0 Å². The predicted octanol–water partition coefficient (Wildman–Crippen LogP) is 1.55. The first-order chi connectivity index (χ1) is 8.78. The molecule has 0 radical (unpaired) electrons. The second-order valence-electron chi connectivity index (χ2n) is 5.10. The summed E-state index contributed by atoms with van der Waals surface area (Å²) in [5, 5.41) is 3.91. The second kappa shape index (κ2) is 6.85. The van der Waals surface area contributed by atoms with Gasteiger partial charge in [-0.3, -0.25) is 4.90 Å². The first-order valence-electron chi connectivity index (χ1n) is 7.00. The van der Waals surface area contributed by atoms with E-state index in [0.717, 1.165) is 37.8 Å². The van der Waals surface area contributed by atoms with E-state index in [1.165, 1.54) is 32.4 Å². The highest BCUT2D eigenvalue weighted by molar-refractivity contribution is 4.85. The van der Waals surface area contributed by atoms with E-state index in [2.05, 4.69) is 27.0 Å². The SMILES string of the molecule is CCc1noc(CN(C)CCN2CCCCC2)n1. The van der Waals surface area contributed by atoms with Gasteiger partial charge in [-0.05, 0) is 33.0 Å². The number of nitrogens with zero attached hydrogens (tertiary/aromatic N) is 4. The molecule has 0 unspecified atom stereocenters. The van der Waals surface area contributed by atoms with Crippen molar-refractivity contribution in [2.24, 2.45) is 0 Å². The number of hydrogen-bond donors (Lipinski definition) is 0. The number of likely N-dealkylation sites (N-methyl/N-ethyl adjacent to an activating group) is 1. The molecule has 0 atom stereocenters. The van der Waals surface area contributed by atoms with Crippen molar-refractivity contribution < 1.29 is 4.52 Å². The molecule has 0 saturated carbocycles. The lowest BCUT2D eigenvalue weighted by atomic mass is 10.1. The number of aromatic nitrogens is 2. The molecule has 0 amide bonds. The van der Waals surface area contributed by atoms with E-state index in [1.54, 1.807) is 0 Å². The van der Waals surface area contributed by atoms with Crippen LogP contribution < -0.4 is 0 Å². The number of rotatable bonds is 6. The normalized spacial score (nSPS) is 17.5. The summed E-state index contributed by atoms with van der Waals surface area (Å²) in [6.07, 6.45) is 4.94. The van der Waals surface area contributed by atoms with Crippen LogP contribution in [-0.2, 0) is 13.0 Å². The van der Waals surface area contributed by atoms with Crippen LogP contribution in [0.4, 0.5) is 0 Å². The van der Waals surface area contributed by atoms with Crippen LogP contribution in [0.3, 0.4) is 0 Å². The summed E-state index contributed by atoms with van der Waals surface area (Å²) < 4.78 is 5.20. The summed E-state index contributed by atoms with van der Waals surface area (Å²) in [5.41, 5.74) is 0. The summed E-state index contributed by atoms with van der Waals surface area (Å²) in [4.78, 5) is 9.13. The summed E-state index contributed by atoms with van der Waals surface area (Å²) in [5.74, 6) is 1.53. The van der Waals surface area contributed by atoms with Crippen LogP contribution in [0.15, 0.2) is 4.52 Å². The van der Waals surface area contributed by atoms with Gasteiger partial charge < -0.3 is 9.42 Å². The van der Waals surface area contributed by atoms with E-state index in [0.29, 0.717) is 0 Å². The third-order valence-electron chi connectivity index (χ3n) is 3.48. The van der Waals surface area contributed by atoms with Crippen LogP contribution in [0.25, 0.3) is 0 Å². The van der Waals surface area contributed by atoms with Crippen LogP contribution >= 0.6 is 0 Å². The Hall–Kier alpha value is -0.940. The molecule has 0 N–H and O–H groups in total. The first kappa shape index (κ1) is 13.5. The summed E-state index contributed by atoms with van der Waals surface area (Å²) in [7, 11) is 2.11. The van der Waals surface area contributed by atoms with Gasteiger partial charge in [0.25, 0.3) is 0 Å². The molecular formula is C13H24N4O. The number of likely N-dealkylation sites (tertiary alicyclic amines) is 1. The molecule has 1 aromatic rings. The molecule has 0 spiro atoms. The van der Waals surface area contributed by atoms with Crippen molar-refractivity contribution in [3.05, 3.63) is 11.7 Å². The van der Waals surface area contributed by atoms with Crippen molar-refractivity contribution in [1.82, 2.24) is 19.9 Å². The van der Waals surface area contributed by atoms with E-state index in [4.69, 9.17) is 4.52 Å². The van der Waals surface area contributed by atoms with Crippen LogP contribution in [0.2, 0.25) is 0 Å². The largest absolute Gasteiger partial charge is 0.338 e. The molecule has 18 heavy (non-hydrogen) atoms. The van der Waals surface area contributed by atoms with E-state index in [9.17, 15) is 0 Å². The van der Waals surface area contributed by atoms with Crippen LogP contribution in [-0.4, -0.2) is 53.2 Å². The van der Waals surface area contributed by atoms with Crippen LogP contribution in [0, 0.1) is 0 Å². The summed E-state index contributed by atoms with van der Waals surface area (Å²) in [6.45, 7) is 7.51. The fourth-order valence-corrected chi connectivity index (χ4v) is 2.30. The molecule has 5 heteroatoms. The van der Waals surface area contributed by atoms with Gasteiger partial charge in [0.15, 0.2) is 5.82 Å². The minimum atomic E-state index is 0.730. The Morgan fingerprint density at radius 2 is 2.06 bits per heavy atom. The highest BCUT2D eigenvalue weighted by atomic mass is 16.5. The van der Waals surface area contributed by atoms with Crippen molar-refractivity contribution in [3.8, 4) is 0 Å². The lowest BCUT2D eigenvalue weighted by Crippen LogP contribution is -2.36. The van der Waals surface area contributed by atoms with Crippen LogP contribution in [0.5, 0.6) is 0 Å². The number of piperidine rings is 1. The Kier molecular flexibility index (Phi) is 5.13. The molecule has 1 saturated heterocycles.